The van der Waals surface area contributed by atoms with Gasteiger partial charge in [0.15, 0.2) is 0 Å². The first-order chi connectivity index (χ1) is 15.9. The van der Waals surface area contributed by atoms with E-state index in [-0.39, 0.29) is 18.0 Å². The zero-order valence-electron chi connectivity index (χ0n) is 19.2. The summed E-state index contributed by atoms with van der Waals surface area (Å²) in [5, 5.41) is 4.43. The number of likely N-dealkylation sites (tertiary alicyclic amines) is 1. The second-order valence-corrected chi connectivity index (χ2v) is 9.68. The second-order valence-electron chi connectivity index (χ2n) is 9.27. The zero-order valence-corrected chi connectivity index (χ0v) is 20.0. The van der Waals surface area contributed by atoms with Crippen LogP contribution >= 0.6 is 11.6 Å². The molecule has 2 unspecified atom stereocenters. The maximum Gasteiger partial charge on any atom is 0.416 e. The van der Waals surface area contributed by atoms with Crippen LogP contribution in [0.15, 0.2) is 30.6 Å². The van der Waals surface area contributed by atoms with Crippen LogP contribution in [0.5, 0.6) is 0 Å². The van der Waals surface area contributed by atoms with Gasteiger partial charge in [-0.3, -0.25) is 9.69 Å². The molecule has 4 rings (SSSR count). The Kier molecular flexibility index (Phi) is 6.65. The van der Waals surface area contributed by atoms with Gasteiger partial charge in [0.2, 0.25) is 5.91 Å². The van der Waals surface area contributed by atoms with E-state index in [2.05, 4.69) is 10.00 Å². The monoisotopic (exact) mass is 497 g/mol. The summed E-state index contributed by atoms with van der Waals surface area (Å²) >= 11 is 6.18. The van der Waals surface area contributed by atoms with Crippen LogP contribution in [-0.2, 0) is 17.5 Å². The average Bonchev–Trinajstić information content (AvgIpc) is 3.48. The number of aromatic nitrogens is 2. The van der Waals surface area contributed by atoms with Gasteiger partial charge in [-0.2, -0.15) is 23.0 Å². The van der Waals surface area contributed by atoms with Crippen molar-refractivity contribution in [3.05, 3.63) is 46.7 Å². The van der Waals surface area contributed by atoms with E-state index in [4.69, 9.17) is 11.6 Å². The highest BCUT2D eigenvalue weighted by molar-refractivity contribution is 6.31. The summed E-state index contributed by atoms with van der Waals surface area (Å²) in [7, 11) is 3.53. The maximum atomic E-state index is 13.1. The Balaban J connectivity index is 1.35. The smallest absolute Gasteiger partial charge is 0.322 e. The van der Waals surface area contributed by atoms with Crippen LogP contribution in [0.2, 0.25) is 5.02 Å². The number of nitrogens with zero attached hydrogens (tertiary/aromatic N) is 5. The van der Waals surface area contributed by atoms with Crippen molar-refractivity contribution >= 4 is 29.2 Å². The Labute approximate surface area is 201 Å². The van der Waals surface area contributed by atoms with Gasteiger partial charge >= 0.3 is 12.2 Å². The number of carbonyl (C=O) groups excluding carboxylic acids is 2. The molecule has 2 atom stereocenters. The van der Waals surface area contributed by atoms with E-state index >= 15 is 0 Å². The number of fused-ring (bicyclic) bond motifs is 1. The largest absolute Gasteiger partial charge is 0.416 e. The topological polar surface area (TPSA) is 61.7 Å². The molecule has 2 fully saturated rings. The number of carbonyl (C=O) groups is 2. The summed E-state index contributed by atoms with van der Waals surface area (Å²) in [6.07, 6.45) is 0.348. The molecule has 0 N–H and O–H groups in total. The highest BCUT2D eigenvalue weighted by Crippen LogP contribution is 2.41. The van der Waals surface area contributed by atoms with Gasteiger partial charge in [-0.1, -0.05) is 11.6 Å². The molecule has 2 amide bonds. The van der Waals surface area contributed by atoms with Crippen LogP contribution in [-0.4, -0.2) is 64.7 Å². The van der Waals surface area contributed by atoms with Crippen molar-refractivity contribution in [2.24, 2.45) is 11.8 Å². The maximum absolute atomic E-state index is 13.1. The van der Waals surface area contributed by atoms with E-state index in [0.717, 1.165) is 25.0 Å². The molecule has 11 heteroatoms. The average molecular weight is 498 g/mol. The van der Waals surface area contributed by atoms with Crippen molar-refractivity contribution in [1.82, 2.24) is 19.6 Å². The molecule has 2 heterocycles. The first kappa shape index (κ1) is 24.5. The number of hydrogen-bond acceptors (Lipinski definition) is 4. The minimum atomic E-state index is -4.41. The lowest BCUT2D eigenvalue weighted by atomic mass is 10.0. The van der Waals surface area contributed by atoms with Gasteiger partial charge in [0, 0.05) is 44.7 Å². The molecule has 1 aromatic carbocycles. The molecule has 2 aromatic rings. The summed E-state index contributed by atoms with van der Waals surface area (Å²) in [6.45, 7) is 2.98. The van der Waals surface area contributed by atoms with Crippen molar-refractivity contribution in [3.8, 4) is 0 Å². The fraction of sp³-hybridized carbons (Fsp3) is 0.522. The lowest BCUT2D eigenvalue weighted by molar-refractivity contribution is -0.137. The predicted molar refractivity (Wildman–Crippen MR) is 122 cm³/mol. The molecule has 2 aliphatic rings. The molecule has 1 saturated heterocycles. The third-order valence-electron chi connectivity index (χ3n) is 7.04. The Morgan fingerprint density at radius 2 is 1.82 bits per heavy atom. The first-order valence-corrected chi connectivity index (χ1v) is 11.5. The molecule has 1 aromatic heterocycles. The van der Waals surface area contributed by atoms with Crippen molar-refractivity contribution in [2.75, 3.05) is 32.1 Å². The summed E-state index contributed by atoms with van der Waals surface area (Å²) in [5.74, 6) is 0.496. The van der Waals surface area contributed by atoms with Crippen molar-refractivity contribution in [1.29, 1.82) is 0 Å². The summed E-state index contributed by atoms with van der Waals surface area (Å²) in [5.41, 5.74) is 0.307. The number of halogens is 4. The number of rotatable bonds is 4. The minimum Gasteiger partial charge on any atom is -0.322 e. The number of alkyl halides is 3. The lowest BCUT2D eigenvalue weighted by Crippen LogP contribution is -2.36. The number of benzene rings is 1. The van der Waals surface area contributed by atoms with E-state index in [1.165, 1.54) is 28.8 Å². The molecular weight excluding hydrogens is 471 g/mol. The fourth-order valence-corrected chi connectivity index (χ4v) is 5.15. The van der Waals surface area contributed by atoms with Crippen LogP contribution < -0.4 is 4.90 Å². The van der Waals surface area contributed by atoms with Crippen molar-refractivity contribution < 1.29 is 22.8 Å². The molecule has 34 heavy (non-hydrogen) atoms. The highest BCUT2D eigenvalue weighted by atomic mass is 35.5. The molecule has 0 radical (unpaired) electrons. The van der Waals surface area contributed by atoms with E-state index in [1.807, 2.05) is 7.05 Å². The molecule has 0 spiro atoms. The SMILES string of the molecule is CC(=O)N(C)c1cnn(C(=O)N2CC3CC(N(C)Cc4cc(C(F)(F)F)ccc4Cl)CC3C2)c1. The molecule has 184 valence electrons. The van der Waals surface area contributed by atoms with E-state index in [1.54, 1.807) is 18.1 Å². The van der Waals surface area contributed by atoms with Gasteiger partial charge in [0.1, 0.15) is 0 Å². The molecule has 0 bridgehead atoms. The lowest BCUT2D eigenvalue weighted by Gasteiger charge is -2.27. The van der Waals surface area contributed by atoms with Gasteiger partial charge in [-0.15, -0.1) is 0 Å². The minimum absolute atomic E-state index is 0.149. The van der Waals surface area contributed by atoms with Crippen molar-refractivity contribution in [2.45, 2.75) is 38.5 Å². The van der Waals surface area contributed by atoms with Gasteiger partial charge in [0.25, 0.3) is 0 Å². The third-order valence-corrected chi connectivity index (χ3v) is 7.41. The van der Waals surface area contributed by atoms with Gasteiger partial charge < -0.3 is 9.80 Å². The molecule has 1 saturated carbocycles. The van der Waals surface area contributed by atoms with E-state index in [0.29, 0.717) is 47.7 Å². The van der Waals surface area contributed by atoms with Crippen LogP contribution in [0.3, 0.4) is 0 Å². The number of hydrogen-bond donors (Lipinski definition) is 0. The Morgan fingerprint density at radius 3 is 2.41 bits per heavy atom. The fourth-order valence-electron chi connectivity index (χ4n) is 4.97. The Hall–Kier alpha value is -2.59. The van der Waals surface area contributed by atoms with Crippen molar-refractivity contribution in [3.63, 3.8) is 0 Å². The molecule has 7 nitrogen and oxygen atoms in total. The first-order valence-electron chi connectivity index (χ1n) is 11.1. The van der Waals surface area contributed by atoms with Crippen LogP contribution in [0.1, 0.15) is 30.9 Å². The normalized spacial score (nSPS) is 22.4. The van der Waals surface area contributed by atoms with Gasteiger partial charge in [-0.05, 0) is 55.5 Å². The number of anilines is 1. The summed E-state index contributed by atoms with van der Waals surface area (Å²) < 4.78 is 40.5. The third kappa shape index (κ3) is 4.93. The van der Waals surface area contributed by atoms with E-state index < -0.39 is 11.7 Å². The quantitative estimate of drug-likeness (QED) is 0.630. The summed E-state index contributed by atoms with van der Waals surface area (Å²) in [6, 6.07) is 3.40. The van der Waals surface area contributed by atoms with Gasteiger partial charge in [-0.25, -0.2) is 4.79 Å². The van der Waals surface area contributed by atoms with Gasteiger partial charge in [0.05, 0.1) is 23.6 Å². The summed E-state index contributed by atoms with van der Waals surface area (Å²) in [4.78, 5) is 29.7. The zero-order chi connectivity index (χ0) is 24.8. The number of amides is 2. The standard InChI is InChI=1S/C23H27ClF3N5O2/c1-14(33)30(3)20-9-28-32(13-20)22(34)31-11-15-7-19(8-16(15)12-31)29(2)10-17-6-18(23(25,26)27)4-5-21(17)24/h4-6,9,13,15-16,19H,7-8,10-12H2,1-3H3. The van der Waals surface area contributed by atoms with Crippen LogP contribution in [0.25, 0.3) is 0 Å². The Bertz CT molecular complexity index is 1070. The van der Waals surface area contributed by atoms with Crippen LogP contribution in [0, 0.1) is 11.8 Å². The second kappa shape index (κ2) is 9.22. The molecule has 1 aliphatic carbocycles. The molecule has 1 aliphatic heterocycles. The van der Waals surface area contributed by atoms with E-state index in [9.17, 15) is 22.8 Å². The Morgan fingerprint density at radius 1 is 1.18 bits per heavy atom. The highest BCUT2D eigenvalue weighted by Gasteiger charge is 2.44. The molecular formula is C23H27ClF3N5O2. The predicted octanol–water partition coefficient (Wildman–Crippen LogP) is 4.35. The van der Waals surface area contributed by atoms with Crippen LogP contribution in [0.4, 0.5) is 23.7 Å².